The molecule has 0 unspecified atom stereocenters. The smallest absolute Gasteiger partial charge is 0.444 e. The maximum atomic E-state index is 13.3. The third-order valence-electron chi connectivity index (χ3n) is 6.87. The van der Waals surface area contributed by atoms with Crippen LogP contribution in [0.5, 0.6) is 0 Å². The van der Waals surface area contributed by atoms with Crippen LogP contribution in [0.2, 0.25) is 6.32 Å². The number of carbonyl (C=O) groups excluding carboxylic acids is 2. The van der Waals surface area contributed by atoms with E-state index < -0.39 is 42.6 Å². The highest BCUT2D eigenvalue weighted by Crippen LogP contribution is 2.23. The molecule has 2 aliphatic rings. The van der Waals surface area contributed by atoms with Gasteiger partial charge in [0.05, 0.1) is 25.8 Å². The van der Waals surface area contributed by atoms with Crippen molar-refractivity contribution >= 4 is 19.1 Å². The van der Waals surface area contributed by atoms with Gasteiger partial charge in [-0.25, -0.2) is 9.18 Å². The number of alkyl carbamates (subject to hydrolysis) is 1. The summed E-state index contributed by atoms with van der Waals surface area (Å²) in [6.45, 7) is 7.10. The molecule has 0 aromatic heterocycles. The molecule has 12 heteroatoms. The van der Waals surface area contributed by atoms with Crippen LogP contribution in [0, 0.1) is 17.1 Å². The van der Waals surface area contributed by atoms with Crippen LogP contribution in [0.1, 0.15) is 44.7 Å². The summed E-state index contributed by atoms with van der Waals surface area (Å²) in [5.74, 6) is -0.862. The highest BCUT2D eigenvalue weighted by atomic mass is 19.1. The van der Waals surface area contributed by atoms with Gasteiger partial charge in [0.15, 0.2) is 0 Å². The van der Waals surface area contributed by atoms with E-state index >= 15 is 0 Å². The Morgan fingerprint density at radius 1 is 1.26 bits per heavy atom. The van der Waals surface area contributed by atoms with Gasteiger partial charge in [-0.05, 0) is 56.9 Å². The SMILES string of the molecule is CC(C)(C=C(C#N)C(=O)N1CCCC[C@@H](OC(=O)N[C@H](CB(O)O)c2ccc(F)cc2)C1)N1CCOCC1. The first-order valence-corrected chi connectivity index (χ1v) is 12.9. The largest absolute Gasteiger partial charge is 0.453 e. The first-order valence-electron chi connectivity index (χ1n) is 12.9. The molecule has 2 saturated heterocycles. The number of hydrogen-bond acceptors (Lipinski definition) is 8. The van der Waals surface area contributed by atoms with E-state index in [2.05, 4.69) is 16.3 Å². The zero-order valence-electron chi connectivity index (χ0n) is 21.9. The minimum absolute atomic E-state index is 0.0416. The topological polar surface area (TPSA) is 135 Å². The van der Waals surface area contributed by atoms with Crippen LogP contribution in [0.25, 0.3) is 0 Å². The van der Waals surface area contributed by atoms with E-state index in [9.17, 15) is 29.3 Å². The Morgan fingerprint density at radius 2 is 1.95 bits per heavy atom. The van der Waals surface area contributed by atoms with Gasteiger partial charge in [0.1, 0.15) is 23.6 Å². The Morgan fingerprint density at radius 3 is 2.58 bits per heavy atom. The van der Waals surface area contributed by atoms with E-state index in [1.165, 1.54) is 24.3 Å². The van der Waals surface area contributed by atoms with Gasteiger partial charge in [0, 0.05) is 31.5 Å². The first kappa shape index (κ1) is 29.6. The number of hydrogen-bond donors (Lipinski definition) is 3. The molecule has 2 fully saturated rings. The van der Waals surface area contributed by atoms with Gasteiger partial charge in [0.2, 0.25) is 0 Å². The van der Waals surface area contributed by atoms with Gasteiger partial charge in [-0.15, -0.1) is 0 Å². The number of rotatable bonds is 8. The Hall–Kier alpha value is -2.98. The second kappa shape index (κ2) is 13.7. The Bertz CT molecular complexity index is 1020. The van der Waals surface area contributed by atoms with E-state index in [0.29, 0.717) is 51.3 Å². The second-order valence-electron chi connectivity index (χ2n) is 10.2. The predicted molar refractivity (Wildman–Crippen MR) is 138 cm³/mol. The van der Waals surface area contributed by atoms with Crippen molar-refractivity contribution in [1.82, 2.24) is 15.1 Å². The fourth-order valence-electron chi connectivity index (χ4n) is 4.79. The van der Waals surface area contributed by atoms with Gasteiger partial charge in [-0.1, -0.05) is 12.1 Å². The molecule has 1 aromatic carbocycles. The van der Waals surface area contributed by atoms with Gasteiger partial charge in [-0.3, -0.25) is 9.69 Å². The highest BCUT2D eigenvalue weighted by molar-refractivity contribution is 6.41. The quantitative estimate of drug-likeness (QED) is 0.264. The van der Waals surface area contributed by atoms with Crippen molar-refractivity contribution in [2.75, 3.05) is 39.4 Å². The van der Waals surface area contributed by atoms with E-state index in [-0.39, 0.29) is 18.4 Å². The third-order valence-corrected chi connectivity index (χ3v) is 6.87. The van der Waals surface area contributed by atoms with Gasteiger partial charge in [0.25, 0.3) is 5.91 Å². The van der Waals surface area contributed by atoms with Crippen LogP contribution in [-0.2, 0) is 14.3 Å². The Balaban J connectivity index is 1.66. The number of amides is 2. The number of morpholine rings is 1. The van der Waals surface area contributed by atoms with Crippen LogP contribution in [-0.4, -0.2) is 90.0 Å². The fourth-order valence-corrected chi connectivity index (χ4v) is 4.79. The highest BCUT2D eigenvalue weighted by Gasteiger charge is 2.31. The molecule has 3 N–H and O–H groups in total. The summed E-state index contributed by atoms with van der Waals surface area (Å²) in [6, 6.07) is 6.57. The summed E-state index contributed by atoms with van der Waals surface area (Å²) < 4.78 is 24.3. The summed E-state index contributed by atoms with van der Waals surface area (Å²) in [4.78, 5) is 29.8. The number of halogens is 1. The number of ether oxygens (including phenoxy) is 2. The number of benzene rings is 1. The van der Waals surface area contributed by atoms with E-state index in [1.54, 1.807) is 11.0 Å². The van der Waals surface area contributed by atoms with Crippen molar-refractivity contribution in [1.29, 1.82) is 5.26 Å². The number of likely N-dealkylation sites (tertiary alicyclic amines) is 1. The number of nitrogens with one attached hydrogen (secondary N) is 1. The average Bonchev–Trinajstić information content (AvgIpc) is 3.12. The summed E-state index contributed by atoms with van der Waals surface area (Å²) in [5, 5.41) is 31.3. The van der Waals surface area contributed by atoms with E-state index in [0.717, 1.165) is 6.42 Å². The predicted octanol–water partition coefficient (Wildman–Crippen LogP) is 2.01. The molecule has 0 spiro atoms. The summed E-state index contributed by atoms with van der Waals surface area (Å²) in [7, 11) is -1.70. The fraction of sp³-hybridized carbons (Fsp3) is 0.577. The Labute approximate surface area is 223 Å². The van der Waals surface area contributed by atoms with Crippen molar-refractivity contribution in [2.24, 2.45) is 0 Å². The zero-order chi connectivity index (χ0) is 27.7. The first-order chi connectivity index (χ1) is 18.1. The van der Waals surface area contributed by atoms with Crippen LogP contribution in [0.4, 0.5) is 9.18 Å². The molecule has 2 atom stereocenters. The third kappa shape index (κ3) is 8.53. The molecule has 0 bridgehead atoms. The molecule has 2 aliphatic heterocycles. The maximum absolute atomic E-state index is 13.3. The lowest BCUT2D eigenvalue weighted by Gasteiger charge is -2.39. The summed E-state index contributed by atoms with van der Waals surface area (Å²) in [6.07, 6.45) is 2.04. The van der Waals surface area contributed by atoms with Crippen molar-refractivity contribution in [3.05, 3.63) is 47.3 Å². The number of carbonyl (C=O) groups is 2. The van der Waals surface area contributed by atoms with Gasteiger partial charge >= 0.3 is 13.2 Å². The van der Waals surface area contributed by atoms with Crippen molar-refractivity contribution in [3.8, 4) is 6.07 Å². The molecule has 38 heavy (non-hydrogen) atoms. The summed E-state index contributed by atoms with van der Waals surface area (Å²) >= 11 is 0. The Kier molecular flexibility index (Phi) is 10.7. The lowest BCUT2D eigenvalue weighted by Crippen LogP contribution is -2.49. The molecule has 1 aromatic rings. The van der Waals surface area contributed by atoms with Crippen molar-refractivity contribution in [2.45, 2.75) is 57.1 Å². The van der Waals surface area contributed by atoms with E-state index in [4.69, 9.17) is 9.47 Å². The van der Waals surface area contributed by atoms with Crippen molar-refractivity contribution < 1.29 is 33.5 Å². The molecule has 3 rings (SSSR count). The molecule has 206 valence electrons. The van der Waals surface area contributed by atoms with Gasteiger partial charge in [-0.2, -0.15) is 5.26 Å². The number of nitriles is 1. The molecule has 2 heterocycles. The molecular weight excluding hydrogens is 494 g/mol. The minimum atomic E-state index is -1.70. The monoisotopic (exact) mass is 530 g/mol. The van der Waals surface area contributed by atoms with Gasteiger partial charge < -0.3 is 29.7 Å². The molecule has 0 saturated carbocycles. The lowest BCUT2D eigenvalue weighted by molar-refractivity contribution is -0.127. The standard InChI is InChI=1S/C26H36BFN4O6/c1-26(2,32-11-13-37-14-12-32)15-20(17-29)24(33)31-10-4-3-5-22(18-31)38-25(34)30-23(16-27(35)36)19-6-8-21(28)9-7-19/h6-9,15,22-23,35-36H,3-5,10-14,16,18H2,1-2H3,(H,30,34)/t22-,23-/m1/s1. The molecule has 10 nitrogen and oxygen atoms in total. The van der Waals surface area contributed by atoms with Crippen LogP contribution < -0.4 is 5.32 Å². The van der Waals surface area contributed by atoms with E-state index in [1.807, 2.05) is 13.8 Å². The zero-order valence-corrected chi connectivity index (χ0v) is 21.9. The summed E-state index contributed by atoms with van der Waals surface area (Å²) in [5.41, 5.74) is 0.0133. The molecule has 2 amide bonds. The second-order valence-corrected chi connectivity index (χ2v) is 10.2. The molecular formula is C26H36BFN4O6. The van der Waals surface area contributed by atoms with Crippen LogP contribution in [0.3, 0.4) is 0 Å². The van der Waals surface area contributed by atoms with Crippen LogP contribution >= 0.6 is 0 Å². The molecule has 0 radical (unpaired) electrons. The molecule has 0 aliphatic carbocycles. The van der Waals surface area contributed by atoms with Crippen molar-refractivity contribution in [3.63, 3.8) is 0 Å². The average molecular weight is 530 g/mol. The minimum Gasteiger partial charge on any atom is -0.444 e. The number of nitrogens with zero attached hydrogens (tertiary/aromatic N) is 3. The lowest BCUT2D eigenvalue weighted by atomic mass is 9.79. The normalized spacial score (nSPS) is 20.2. The maximum Gasteiger partial charge on any atom is 0.453 e. The van der Waals surface area contributed by atoms with Crippen LogP contribution in [0.15, 0.2) is 35.9 Å².